The van der Waals surface area contributed by atoms with Crippen LogP contribution in [0.25, 0.3) is 0 Å². The topological polar surface area (TPSA) is 241 Å². The van der Waals surface area contributed by atoms with Crippen molar-refractivity contribution < 1.29 is 24.0 Å². The first kappa shape index (κ1) is 33.6. The lowest BCUT2D eigenvalue weighted by molar-refractivity contribution is -0.143. The zero-order valence-corrected chi connectivity index (χ0v) is 23.7. The van der Waals surface area contributed by atoms with Crippen LogP contribution in [-0.2, 0) is 24.0 Å². The standard InChI is InChI=1S/C25H47N9O5/c1-6-14(4)19(33-21(36)16(26)9-7-11-30-25(28)29)23(38)32-18(13(2)3)24(39)34-12-8-10-17(34)22(37)31-15(5)20(27)35/h13-19H,6-12,26H2,1-5H3,(H2,27,35)(H,31,37)(H,32,38)(H,33,36)(H4,28,29,30)/t14-,15-,16-,17-,18-,19+/m0/s1. The molecule has 1 heterocycles. The predicted octanol–water partition coefficient (Wildman–Crippen LogP) is -1.98. The van der Waals surface area contributed by atoms with E-state index < -0.39 is 59.7 Å². The number of aliphatic imine (C=N–C) groups is 1. The van der Waals surface area contributed by atoms with Crippen LogP contribution in [0.5, 0.6) is 0 Å². The number of carbonyl (C=O) groups excluding carboxylic acids is 5. The minimum absolute atomic E-state index is 0.0446. The Labute approximate surface area is 230 Å². The molecule has 0 radical (unpaired) electrons. The lowest BCUT2D eigenvalue weighted by Gasteiger charge is -2.32. The predicted molar refractivity (Wildman–Crippen MR) is 148 cm³/mol. The average Bonchev–Trinajstić information content (AvgIpc) is 3.36. The van der Waals surface area contributed by atoms with E-state index in [9.17, 15) is 24.0 Å². The zero-order valence-electron chi connectivity index (χ0n) is 23.7. The van der Waals surface area contributed by atoms with Crippen LogP contribution in [0.3, 0.4) is 0 Å². The molecule has 14 heteroatoms. The van der Waals surface area contributed by atoms with E-state index in [2.05, 4.69) is 20.9 Å². The molecule has 0 bridgehead atoms. The summed E-state index contributed by atoms with van der Waals surface area (Å²) in [5.41, 5.74) is 21.9. The van der Waals surface area contributed by atoms with Crippen molar-refractivity contribution >= 4 is 35.5 Å². The molecule has 0 unspecified atom stereocenters. The molecule has 6 atom stereocenters. The second kappa shape index (κ2) is 15.9. The van der Waals surface area contributed by atoms with Crippen molar-refractivity contribution in [3.8, 4) is 0 Å². The summed E-state index contributed by atoms with van der Waals surface area (Å²) < 4.78 is 0. The summed E-state index contributed by atoms with van der Waals surface area (Å²) in [7, 11) is 0. The molecule has 1 rings (SSSR count). The molecule has 11 N–H and O–H groups in total. The van der Waals surface area contributed by atoms with E-state index in [1.807, 2.05) is 13.8 Å². The Morgan fingerprint density at radius 1 is 0.949 bits per heavy atom. The lowest BCUT2D eigenvalue weighted by atomic mass is 9.95. The van der Waals surface area contributed by atoms with E-state index in [4.69, 9.17) is 22.9 Å². The van der Waals surface area contributed by atoms with Crippen molar-refractivity contribution in [2.75, 3.05) is 13.1 Å². The fraction of sp³-hybridized carbons (Fsp3) is 0.760. The molecule has 39 heavy (non-hydrogen) atoms. The maximum atomic E-state index is 13.5. The highest BCUT2D eigenvalue weighted by Gasteiger charge is 2.40. The molecule has 222 valence electrons. The van der Waals surface area contributed by atoms with Gasteiger partial charge in [0.15, 0.2) is 5.96 Å². The number of hydrogen-bond donors (Lipinski definition) is 7. The molecule has 0 aromatic heterocycles. The highest BCUT2D eigenvalue weighted by molar-refractivity contribution is 5.96. The minimum Gasteiger partial charge on any atom is -0.370 e. The van der Waals surface area contributed by atoms with Gasteiger partial charge in [0.2, 0.25) is 29.5 Å². The van der Waals surface area contributed by atoms with Gasteiger partial charge in [-0.25, -0.2) is 0 Å². The first-order valence-corrected chi connectivity index (χ1v) is 13.5. The first-order valence-electron chi connectivity index (χ1n) is 13.5. The number of hydrogen-bond acceptors (Lipinski definition) is 7. The largest absolute Gasteiger partial charge is 0.370 e. The van der Waals surface area contributed by atoms with Crippen molar-refractivity contribution in [1.82, 2.24) is 20.9 Å². The number of likely N-dealkylation sites (tertiary alicyclic amines) is 1. The highest BCUT2D eigenvalue weighted by Crippen LogP contribution is 2.21. The van der Waals surface area contributed by atoms with Gasteiger partial charge in [0.25, 0.3) is 0 Å². The number of nitrogens with zero attached hydrogens (tertiary/aromatic N) is 2. The van der Waals surface area contributed by atoms with E-state index in [1.54, 1.807) is 13.8 Å². The smallest absolute Gasteiger partial charge is 0.246 e. The summed E-state index contributed by atoms with van der Waals surface area (Å²) in [4.78, 5) is 69.1. The van der Waals surface area contributed by atoms with Crippen LogP contribution in [0.15, 0.2) is 4.99 Å². The Morgan fingerprint density at radius 2 is 1.56 bits per heavy atom. The zero-order chi connectivity index (χ0) is 29.9. The Kier molecular flexibility index (Phi) is 13.7. The van der Waals surface area contributed by atoms with Crippen LogP contribution in [0, 0.1) is 11.8 Å². The molecule has 0 spiro atoms. The lowest BCUT2D eigenvalue weighted by Crippen LogP contribution is -2.60. The number of carbonyl (C=O) groups is 5. The van der Waals surface area contributed by atoms with Crippen molar-refractivity contribution in [3.63, 3.8) is 0 Å². The van der Waals surface area contributed by atoms with E-state index in [0.717, 1.165) is 0 Å². The SMILES string of the molecule is CC[C@H](C)[C@@H](NC(=O)[C@@H](N)CCCN=C(N)N)C(=O)N[C@H](C(=O)N1CCC[C@H]1C(=O)N[C@@H](C)C(N)=O)C(C)C. The third-order valence-electron chi connectivity index (χ3n) is 6.95. The van der Waals surface area contributed by atoms with Crippen LogP contribution in [0.4, 0.5) is 0 Å². The average molecular weight is 554 g/mol. The van der Waals surface area contributed by atoms with Crippen LogP contribution >= 0.6 is 0 Å². The highest BCUT2D eigenvalue weighted by atomic mass is 16.2. The first-order chi connectivity index (χ1) is 18.2. The van der Waals surface area contributed by atoms with Gasteiger partial charge in [-0.2, -0.15) is 0 Å². The van der Waals surface area contributed by atoms with Gasteiger partial charge in [0, 0.05) is 13.1 Å². The summed E-state index contributed by atoms with van der Waals surface area (Å²) in [6, 6.07) is -4.38. The molecular weight excluding hydrogens is 506 g/mol. The van der Waals surface area contributed by atoms with Crippen LogP contribution in [0.1, 0.15) is 66.7 Å². The van der Waals surface area contributed by atoms with Crippen molar-refractivity contribution in [2.24, 2.45) is 39.8 Å². The quantitative estimate of drug-likeness (QED) is 0.0679. The second-order valence-electron chi connectivity index (χ2n) is 10.5. The molecule has 5 amide bonds. The van der Waals surface area contributed by atoms with Crippen molar-refractivity contribution in [3.05, 3.63) is 0 Å². The number of guanidine groups is 1. The summed E-state index contributed by atoms with van der Waals surface area (Å²) in [5.74, 6) is -3.16. The Balaban J connectivity index is 2.96. The van der Waals surface area contributed by atoms with Crippen LogP contribution in [-0.4, -0.2) is 83.7 Å². The summed E-state index contributed by atoms with van der Waals surface area (Å²) in [6.45, 7) is 9.41. The maximum Gasteiger partial charge on any atom is 0.246 e. The number of amides is 5. The normalized spacial score (nSPS) is 18.8. The Bertz CT molecular complexity index is 906. The van der Waals surface area contributed by atoms with E-state index in [0.29, 0.717) is 45.2 Å². The molecule has 0 aromatic carbocycles. The van der Waals surface area contributed by atoms with Gasteiger partial charge in [-0.05, 0) is 44.4 Å². The van der Waals surface area contributed by atoms with Crippen molar-refractivity contribution in [2.45, 2.75) is 96.9 Å². The molecular formula is C25H47N9O5. The van der Waals surface area contributed by atoms with Gasteiger partial charge >= 0.3 is 0 Å². The molecule has 0 aromatic rings. The number of nitrogens with one attached hydrogen (secondary N) is 3. The summed E-state index contributed by atoms with van der Waals surface area (Å²) in [5, 5.41) is 8.07. The molecule has 0 saturated carbocycles. The number of rotatable bonds is 15. The van der Waals surface area contributed by atoms with E-state index in [1.165, 1.54) is 11.8 Å². The molecule has 1 fully saturated rings. The minimum atomic E-state index is -0.934. The molecule has 0 aliphatic carbocycles. The van der Waals surface area contributed by atoms with Crippen LogP contribution in [0.2, 0.25) is 0 Å². The fourth-order valence-corrected chi connectivity index (χ4v) is 4.23. The third-order valence-corrected chi connectivity index (χ3v) is 6.95. The van der Waals surface area contributed by atoms with Gasteiger partial charge in [0.05, 0.1) is 6.04 Å². The van der Waals surface area contributed by atoms with Gasteiger partial charge in [0.1, 0.15) is 24.2 Å². The number of nitrogens with two attached hydrogens (primary N) is 4. The fourth-order valence-electron chi connectivity index (χ4n) is 4.23. The van der Waals surface area contributed by atoms with E-state index >= 15 is 0 Å². The second-order valence-corrected chi connectivity index (χ2v) is 10.5. The molecule has 14 nitrogen and oxygen atoms in total. The summed E-state index contributed by atoms with van der Waals surface area (Å²) in [6.07, 6.45) is 2.41. The van der Waals surface area contributed by atoms with E-state index in [-0.39, 0.29) is 17.8 Å². The Morgan fingerprint density at radius 3 is 2.10 bits per heavy atom. The van der Waals surface area contributed by atoms with Gasteiger partial charge in [-0.1, -0.05) is 34.1 Å². The van der Waals surface area contributed by atoms with Gasteiger partial charge in [-0.15, -0.1) is 0 Å². The summed E-state index contributed by atoms with van der Waals surface area (Å²) >= 11 is 0. The van der Waals surface area contributed by atoms with Crippen molar-refractivity contribution in [1.29, 1.82) is 0 Å². The number of primary amides is 1. The molecule has 1 aliphatic heterocycles. The Hall–Kier alpha value is -3.42. The maximum absolute atomic E-state index is 13.5. The van der Waals surface area contributed by atoms with Gasteiger partial charge in [-0.3, -0.25) is 29.0 Å². The molecule has 1 saturated heterocycles. The van der Waals surface area contributed by atoms with Crippen LogP contribution < -0.4 is 38.9 Å². The third kappa shape index (κ3) is 10.3. The monoisotopic (exact) mass is 553 g/mol. The molecule has 1 aliphatic rings. The van der Waals surface area contributed by atoms with Gasteiger partial charge < -0.3 is 43.8 Å².